The van der Waals surface area contributed by atoms with Crippen LogP contribution in [0.5, 0.6) is 0 Å². The number of furan rings is 1. The van der Waals surface area contributed by atoms with Crippen LogP contribution in [0, 0.1) is 0 Å². The molecule has 158 valence electrons. The highest BCUT2D eigenvalue weighted by atomic mass is 16.5. The van der Waals surface area contributed by atoms with Crippen molar-refractivity contribution >= 4 is 5.96 Å². The van der Waals surface area contributed by atoms with Gasteiger partial charge in [0.05, 0.1) is 25.5 Å². The summed E-state index contributed by atoms with van der Waals surface area (Å²) in [5, 5.41) is 6.87. The number of hydrogen-bond donors (Lipinski definition) is 2. The van der Waals surface area contributed by atoms with E-state index < -0.39 is 0 Å². The Morgan fingerprint density at radius 2 is 1.86 bits per heavy atom. The summed E-state index contributed by atoms with van der Waals surface area (Å²) < 4.78 is 11.0. The van der Waals surface area contributed by atoms with Crippen molar-refractivity contribution in [3.63, 3.8) is 0 Å². The third-order valence-corrected chi connectivity index (χ3v) is 5.24. The van der Waals surface area contributed by atoms with Crippen molar-refractivity contribution in [3.05, 3.63) is 59.5 Å². The third kappa shape index (κ3) is 6.32. The predicted molar refractivity (Wildman–Crippen MR) is 116 cm³/mol. The molecule has 1 unspecified atom stereocenters. The number of morpholine rings is 1. The number of benzene rings is 1. The van der Waals surface area contributed by atoms with Crippen LogP contribution in [-0.2, 0) is 17.8 Å². The van der Waals surface area contributed by atoms with Crippen LogP contribution in [0.15, 0.2) is 52.1 Å². The molecule has 7 heteroatoms. The van der Waals surface area contributed by atoms with E-state index in [1.807, 2.05) is 26.2 Å². The predicted octanol–water partition coefficient (Wildman–Crippen LogP) is 2.08. The summed E-state index contributed by atoms with van der Waals surface area (Å²) in [5.41, 5.74) is 2.64. The second-order valence-electron chi connectivity index (χ2n) is 7.46. The van der Waals surface area contributed by atoms with Gasteiger partial charge in [0, 0.05) is 39.8 Å². The number of likely N-dealkylation sites (N-methyl/N-ethyl adjacent to an activating group) is 1. The van der Waals surface area contributed by atoms with Crippen LogP contribution in [0.2, 0.25) is 0 Å². The first-order chi connectivity index (χ1) is 14.2. The molecule has 1 fully saturated rings. The van der Waals surface area contributed by atoms with E-state index in [1.165, 1.54) is 11.1 Å². The Morgan fingerprint density at radius 1 is 1.10 bits per heavy atom. The largest absolute Gasteiger partial charge is 0.468 e. The Morgan fingerprint density at radius 3 is 2.52 bits per heavy atom. The average Bonchev–Trinajstić information content (AvgIpc) is 3.26. The first-order valence-corrected chi connectivity index (χ1v) is 10.2. The lowest BCUT2D eigenvalue weighted by Crippen LogP contribution is -2.41. The van der Waals surface area contributed by atoms with Crippen molar-refractivity contribution in [2.24, 2.45) is 4.99 Å². The maximum absolute atomic E-state index is 5.58. The Labute approximate surface area is 173 Å². The van der Waals surface area contributed by atoms with Gasteiger partial charge in [-0.3, -0.25) is 14.8 Å². The molecular weight excluding hydrogens is 366 g/mol. The van der Waals surface area contributed by atoms with E-state index in [9.17, 15) is 0 Å². The SMILES string of the molecule is CN=C(NCc1ccccc1CN1CCOCC1)NCC(c1ccco1)N(C)C. The Hall–Kier alpha value is -2.35. The Bertz CT molecular complexity index is 754. The lowest BCUT2D eigenvalue weighted by Gasteiger charge is -2.27. The van der Waals surface area contributed by atoms with Crippen LogP contribution < -0.4 is 10.6 Å². The highest BCUT2D eigenvalue weighted by Gasteiger charge is 2.17. The van der Waals surface area contributed by atoms with E-state index in [2.05, 4.69) is 49.7 Å². The monoisotopic (exact) mass is 399 g/mol. The van der Waals surface area contributed by atoms with Gasteiger partial charge >= 0.3 is 0 Å². The van der Waals surface area contributed by atoms with Crippen molar-refractivity contribution < 1.29 is 9.15 Å². The van der Waals surface area contributed by atoms with Gasteiger partial charge in [0.25, 0.3) is 0 Å². The van der Waals surface area contributed by atoms with Gasteiger partial charge in [0.1, 0.15) is 5.76 Å². The van der Waals surface area contributed by atoms with Gasteiger partial charge < -0.3 is 19.8 Å². The molecule has 3 rings (SSSR count). The molecule has 2 N–H and O–H groups in total. The van der Waals surface area contributed by atoms with E-state index in [-0.39, 0.29) is 6.04 Å². The van der Waals surface area contributed by atoms with E-state index in [4.69, 9.17) is 9.15 Å². The first kappa shape index (κ1) is 21.4. The third-order valence-electron chi connectivity index (χ3n) is 5.24. The van der Waals surface area contributed by atoms with Crippen molar-refractivity contribution in [1.29, 1.82) is 0 Å². The smallest absolute Gasteiger partial charge is 0.191 e. The minimum Gasteiger partial charge on any atom is -0.468 e. The molecule has 7 nitrogen and oxygen atoms in total. The van der Waals surface area contributed by atoms with Crippen LogP contribution in [0.3, 0.4) is 0 Å². The van der Waals surface area contributed by atoms with Gasteiger partial charge in [-0.1, -0.05) is 24.3 Å². The normalized spacial score (nSPS) is 16.8. The van der Waals surface area contributed by atoms with Gasteiger partial charge in [0.2, 0.25) is 0 Å². The zero-order chi connectivity index (χ0) is 20.5. The average molecular weight is 400 g/mol. The molecule has 1 aromatic carbocycles. The zero-order valence-electron chi connectivity index (χ0n) is 17.7. The molecule has 1 saturated heterocycles. The lowest BCUT2D eigenvalue weighted by atomic mass is 10.1. The Kier molecular flexibility index (Phi) is 8.10. The summed E-state index contributed by atoms with van der Waals surface area (Å²) in [6, 6.07) is 12.7. The maximum Gasteiger partial charge on any atom is 0.191 e. The molecule has 0 radical (unpaired) electrons. The molecule has 29 heavy (non-hydrogen) atoms. The minimum atomic E-state index is 0.136. The van der Waals surface area contributed by atoms with Gasteiger partial charge in [0.15, 0.2) is 5.96 Å². The molecule has 2 aromatic rings. The summed E-state index contributed by atoms with van der Waals surface area (Å²) in [6.07, 6.45) is 1.71. The summed E-state index contributed by atoms with van der Waals surface area (Å²) in [4.78, 5) is 8.96. The fourth-order valence-electron chi connectivity index (χ4n) is 3.50. The summed E-state index contributed by atoms with van der Waals surface area (Å²) in [6.45, 7) is 6.00. The molecule has 0 spiro atoms. The molecule has 1 aliphatic heterocycles. The number of aliphatic imine (C=N–C) groups is 1. The van der Waals surface area contributed by atoms with Gasteiger partial charge in [-0.15, -0.1) is 0 Å². The number of rotatable bonds is 8. The molecule has 2 heterocycles. The summed E-state index contributed by atoms with van der Waals surface area (Å²) >= 11 is 0. The van der Waals surface area contributed by atoms with Crippen LogP contribution >= 0.6 is 0 Å². The second kappa shape index (κ2) is 11.0. The molecule has 1 aliphatic rings. The number of nitrogens with zero attached hydrogens (tertiary/aromatic N) is 3. The first-order valence-electron chi connectivity index (χ1n) is 10.2. The van der Waals surface area contributed by atoms with Crippen LogP contribution in [0.25, 0.3) is 0 Å². The minimum absolute atomic E-state index is 0.136. The topological polar surface area (TPSA) is 65.3 Å². The highest BCUT2D eigenvalue weighted by molar-refractivity contribution is 5.79. The highest BCUT2D eigenvalue weighted by Crippen LogP contribution is 2.17. The second-order valence-corrected chi connectivity index (χ2v) is 7.46. The molecule has 0 bridgehead atoms. The van der Waals surface area contributed by atoms with E-state index in [1.54, 1.807) is 13.3 Å². The van der Waals surface area contributed by atoms with Gasteiger partial charge in [-0.25, -0.2) is 0 Å². The van der Waals surface area contributed by atoms with Crippen molar-refractivity contribution in [1.82, 2.24) is 20.4 Å². The molecule has 0 saturated carbocycles. The van der Waals surface area contributed by atoms with Gasteiger partial charge in [-0.2, -0.15) is 0 Å². The van der Waals surface area contributed by atoms with E-state index in [0.29, 0.717) is 6.54 Å². The molecule has 0 aliphatic carbocycles. The van der Waals surface area contributed by atoms with Gasteiger partial charge in [-0.05, 0) is 37.4 Å². The van der Waals surface area contributed by atoms with Crippen molar-refractivity contribution in [3.8, 4) is 0 Å². The number of guanidine groups is 1. The van der Waals surface area contributed by atoms with Crippen LogP contribution in [0.1, 0.15) is 22.9 Å². The fourth-order valence-corrected chi connectivity index (χ4v) is 3.50. The van der Waals surface area contributed by atoms with Crippen LogP contribution in [-0.4, -0.2) is 69.8 Å². The van der Waals surface area contributed by atoms with Crippen molar-refractivity contribution in [2.75, 3.05) is 54.0 Å². The lowest BCUT2D eigenvalue weighted by molar-refractivity contribution is 0.0341. The number of nitrogens with one attached hydrogen (secondary N) is 2. The van der Waals surface area contributed by atoms with E-state index >= 15 is 0 Å². The molecular formula is C22H33N5O2. The van der Waals surface area contributed by atoms with E-state index in [0.717, 1.165) is 51.1 Å². The quantitative estimate of drug-likeness (QED) is 0.523. The molecule has 1 aromatic heterocycles. The number of ether oxygens (including phenoxy) is 1. The molecule has 1 atom stereocenters. The summed E-state index contributed by atoms with van der Waals surface area (Å²) in [5.74, 6) is 1.72. The number of hydrogen-bond acceptors (Lipinski definition) is 5. The van der Waals surface area contributed by atoms with Crippen molar-refractivity contribution in [2.45, 2.75) is 19.1 Å². The Balaban J connectivity index is 1.55. The van der Waals surface area contributed by atoms with Crippen LogP contribution in [0.4, 0.5) is 0 Å². The maximum atomic E-state index is 5.58. The standard InChI is InChI=1S/C22H33N5O2/c1-23-22(25-16-20(26(2)3)21-9-6-12-29-21)24-15-18-7-4-5-8-19(18)17-27-10-13-28-14-11-27/h4-9,12,20H,10-11,13-17H2,1-3H3,(H2,23,24,25). The zero-order valence-corrected chi connectivity index (χ0v) is 17.7. The molecule has 0 amide bonds. The fraction of sp³-hybridized carbons (Fsp3) is 0.500. The summed E-state index contributed by atoms with van der Waals surface area (Å²) in [7, 11) is 5.90.